The largest absolute Gasteiger partial charge is 1.00 e. The van der Waals surface area contributed by atoms with Crippen molar-refractivity contribution in [2.45, 2.75) is 25.0 Å². The van der Waals surface area contributed by atoms with Crippen LogP contribution in [0.4, 0.5) is 0 Å². The van der Waals surface area contributed by atoms with Crippen LogP contribution in [0.5, 0.6) is 0 Å². The van der Waals surface area contributed by atoms with Gasteiger partial charge in [-0.2, -0.15) is 14.8 Å². The van der Waals surface area contributed by atoms with Crippen LogP contribution in [0.25, 0.3) is 0 Å². The zero-order chi connectivity index (χ0) is 12.6. The molecule has 0 bridgehead atoms. The van der Waals surface area contributed by atoms with Crippen molar-refractivity contribution in [2.24, 2.45) is 0 Å². The van der Waals surface area contributed by atoms with Crippen molar-refractivity contribution < 1.29 is 62.3 Å². The first-order chi connectivity index (χ1) is 6.66. The molecule has 3 N–H and O–H groups in total. The molecule has 0 rings (SSSR count). The van der Waals surface area contributed by atoms with Gasteiger partial charge in [-0.1, -0.05) is 6.92 Å². The van der Waals surface area contributed by atoms with Gasteiger partial charge >= 0.3 is 41.5 Å². The van der Waals surface area contributed by atoms with Crippen LogP contribution >= 0.6 is 0 Å². The Hall–Kier alpha value is -0.150. The maximum absolute atomic E-state index is 10.2. The molecule has 7 nitrogen and oxygen atoms in total. The molecule has 0 aromatic rings. The molecule has 0 spiro atoms. The van der Waals surface area contributed by atoms with Gasteiger partial charge in [-0.05, 0) is 0 Å². The summed E-state index contributed by atoms with van der Waals surface area (Å²) in [4.78, 5) is 20.0. The average Bonchev–Trinajstić information content (AvgIpc) is 1.98. The maximum Gasteiger partial charge on any atom is 1.00 e. The second-order valence-corrected chi connectivity index (χ2v) is 4.04. The van der Waals surface area contributed by atoms with E-state index in [1.807, 2.05) is 6.92 Å². The predicted molar refractivity (Wildman–Crippen MR) is 50.9 cm³/mol. The molecule has 90 valence electrons. The van der Waals surface area contributed by atoms with Crippen molar-refractivity contribution in [1.29, 1.82) is 0 Å². The number of carboxylic acids is 2. The summed E-state index contributed by atoms with van der Waals surface area (Å²) in [6.07, 6.45) is -0.159. The molecule has 0 radical (unpaired) electrons. The minimum absolute atomic E-state index is 0. The van der Waals surface area contributed by atoms with Gasteiger partial charge in [0.05, 0.1) is 6.42 Å². The Kier molecular flexibility index (Phi) is 13.3. The Morgan fingerprint density at radius 3 is 1.69 bits per heavy atom. The minimum Gasteiger partial charge on any atom is -0.481 e. The molecule has 1 unspecified atom stereocenters. The van der Waals surface area contributed by atoms with Crippen LogP contribution < -0.4 is 29.6 Å². The van der Waals surface area contributed by atoms with E-state index in [0.29, 0.717) is 0 Å². The van der Waals surface area contributed by atoms with Crippen molar-refractivity contribution in [3.63, 3.8) is 0 Å². The zero-order valence-corrected chi connectivity index (χ0v) is 11.9. The summed E-state index contributed by atoms with van der Waals surface area (Å²) in [5.41, 5.74) is 0. The fraction of sp³-hybridized carbons (Fsp3) is 0.571. The van der Waals surface area contributed by atoms with E-state index in [0.717, 1.165) is 6.42 Å². The smallest absolute Gasteiger partial charge is 0.481 e. The molecule has 0 saturated heterocycles. The summed E-state index contributed by atoms with van der Waals surface area (Å²) in [6, 6.07) is 0. The summed E-state index contributed by atoms with van der Waals surface area (Å²) >= 11 is 0. The maximum atomic E-state index is 10.2. The van der Waals surface area contributed by atoms with Crippen LogP contribution in [-0.4, -0.2) is 40.4 Å². The molecule has 0 aliphatic heterocycles. The third-order valence-corrected chi connectivity index (χ3v) is 2.08. The van der Waals surface area contributed by atoms with E-state index >= 15 is 0 Å². The zero-order valence-electron chi connectivity index (χ0n) is 9.08. The monoisotopic (exact) mass is 264 g/mol. The summed E-state index contributed by atoms with van der Waals surface area (Å²) in [7, 11) is -4.84. The molecule has 0 aliphatic carbocycles. The summed E-state index contributed by atoms with van der Waals surface area (Å²) in [5, 5.41) is 13.9. The van der Waals surface area contributed by atoms with Crippen molar-refractivity contribution in [1.82, 2.24) is 0 Å². The molecule has 0 saturated carbocycles. The van der Waals surface area contributed by atoms with Crippen LogP contribution in [-0.2, 0) is 19.7 Å². The van der Waals surface area contributed by atoms with Gasteiger partial charge in [-0.3, -0.25) is 14.1 Å². The number of aliphatic carboxylic acids is 2. The van der Waals surface area contributed by atoms with Gasteiger partial charge in [0.2, 0.25) is 0 Å². The van der Waals surface area contributed by atoms with E-state index < -0.39 is 33.7 Å². The molecule has 0 aromatic heterocycles. The Bertz CT molecular complexity index is 311. The van der Waals surface area contributed by atoms with Gasteiger partial charge in [-0.15, -0.1) is 0 Å². The van der Waals surface area contributed by atoms with Gasteiger partial charge in [0.15, 0.2) is 5.25 Å². The Labute approximate surface area is 116 Å². The van der Waals surface area contributed by atoms with Crippen LogP contribution in [0.1, 0.15) is 19.8 Å². The van der Waals surface area contributed by atoms with E-state index in [9.17, 15) is 18.0 Å². The van der Waals surface area contributed by atoms with E-state index in [1.54, 1.807) is 0 Å². The molecule has 0 aromatic carbocycles. The molecule has 0 fully saturated rings. The summed E-state index contributed by atoms with van der Waals surface area (Å²) < 4.78 is 28.7. The first-order valence-electron chi connectivity index (χ1n) is 3.86. The topological polar surface area (TPSA) is 129 Å². The molecule has 9 heteroatoms. The van der Waals surface area contributed by atoms with Crippen molar-refractivity contribution in [3.8, 4) is 0 Å². The second-order valence-electron chi connectivity index (χ2n) is 2.44. The Balaban J connectivity index is -0.000000377. The van der Waals surface area contributed by atoms with Gasteiger partial charge in [0.1, 0.15) is 0 Å². The summed E-state index contributed by atoms with van der Waals surface area (Å²) in [5.74, 6) is -3.50. The van der Waals surface area contributed by atoms with E-state index in [2.05, 4.69) is 6.92 Å². The fourth-order valence-electron chi connectivity index (χ4n) is 0.479. The van der Waals surface area contributed by atoms with Gasteiger partial charge in [0, 0.05) is 0 Å². The number of hydrogen-bond donors (Lipinski definition) is 3. The first-order valence-corrected chi connectivity index (χ1v) is 5.37. The second kappa shape index (κ2) is 10.0. The Morgan fingerprint density at radius 2 is 1.62 bits per heavy atom. The van der Waals surface area contributed by atoms with Crippen molar-refractivity contribution in [3.05, 3.63) is 6.92 Å². The Morgan fingerprint density at radius 1 is 1.31 bits per heavy atom. The van der Waals surface area contributed by atoms with Crippen LogP contribution in [0.2, 0.25) is 0 Å². The molecule has 1 atom stereocenters. The van der Waals surface area contributed by atoms with Crippen molar-refractivity contribution >= 4 is 22.1 Å². The fourth-order valence-corrected chi connectivity index (χ4v) is 1.09. The average molecular weight is 264 g/mol. The normalized spacial score (nSPS) is 11.4. The molecule has 0 amide bonds. The van der Waals surface area contributed by atoms with Crippen LogP contribution in [0.3, 0.4) is 0 Å². The standard InChI is InChI=1S/C4H6O7S.C3H7.Na/c5-3(6)1-2(4(7)8)12(9,10)11;1-3-2;/h2H,1H2,(H,5,6)(H,7,8)(H,9,10,11);1,3H2,2H3;/q;-1;+1. The molecule has 16 heavy (non-hydrogen) atoms. The third kappa shape index (κ3) is 11.9. The van der Waals surface area contributed by atoms with Crippen LogP contribution in [0.15, 0.2) is 0 Å². The third-order valence-electron chi connectivity index (χ3n) is 0.995. The molecule has 0 aliphatic rings. The number of hydrogen-bond acceptors (Lipinski definition) is 4. The summed E-state index contributed by atoms with van der Waals surface area (Å²) in [6.45, 7) is 5.50. The SMILES string of the molecule is O=C(O)CC(C(=O)O)S(=O)(=O)O.[CH2-]CC.[Na+]. The van der Waals surface area contributed by atoms with E-state index in [1.165, 1.54) is 0 Å². The predicted octanol–water partition coefficient (Wildman–Crippen LogP) is -2.96. The van der Waals surface area contributed by atoms with Crippen molar-refractivity contribution in [2.75, 3.05) is 0 Å². The quantitative estimate of drug-likeness (QED) is 0.281. The van der Waals surface area contributed by atoms with Gasteiger partial charge < -0.3 is 17.1 Å². The first kappa shape index (κ1) is 21.2. The van der Waals surface area contributed by atoms with E-state index in [-0.39, 0.29) is 29.6 Å². The van der Waals surface area contributed by atoms with Crippen LogP contribution in [0, 0.1) is 6.92 Å². The van der Waals surface area contributed by atoms with Gasteiger partial charge in [0.25, 0.3) is 10.1 Å². The van der Waals surface area contributed by atoms with Gasteiger partial charge in [-0.25, -0.2) is 0 Å². The number of carboxylic acid groups (broad SMARTS) is 2. The molecule has 0 heterocycles. The number of rotatable bonds is 4. The molecular weight excluding hydrogens is 251 g/mol. The number of carbonyl (C=O) groups is 2. The minimum atomic E-state index is -4.84. The molecular formula is C7H13NaO7S. The van der Waals surface area contributed by atoms with E-state index in [4.69, 9.17) is 14.8 Å².